The van der Waals surface area contributed by atoms with Crippen molar-refractivity contribution in [3.8, 4) is 0 Å². The quantitative estimate of drug-likeness (QED) is 0.789. The Morgan fingerprint density at radius 1 is 1.60 bits per heavy atom. The highest BCUT2D eigenvalue weighted by atomic mass is 15.0. The second-order valence-electron chi connectivity index (χ2n) is 4.19. The molecule has 1 aliphatic heterocycles. The number of anilines is 1. The molecular weight excluding hydrogens is 186 g/mol. The van der Waals surface area contributed by atoms with Crippen molar-refractivity contribution >= 4 is 5.69 Å². The Labute approximate surface area is 91.3 Å². The van der Waals surface area contributed by atoms with E-state index in [9.17, 15) is 0 Å². The molecule has 1 aliphatic rings. The predicted octanol–water partition coefficient (Wildman–Crippen LogP) is 1.94. The topological polar surface area (TPSA) is 37.0 Å². The van der Waals surface area contributed by atoms with Crippen LogP contribution in [-0.4, -0.2) is 24.1 Å². The summed E-state index contributed by atoms with van der Waals surface area (Å²) in [4.78, 5) is 4.17. The summed E-state index contributed by atoms with van der Waals surface area (Å²) in [6.07, 6.45) is 5.73. The molecule has 1 atom stereocenters. The Bertz CT molecular complexity index is 305. The minimum Gasteiger partial charge on any atom is -0.385 e. The van der Waals surface area contributed by atoms with E-state index < -0.39 is 0 Å². The van der Waals surface area contributed by atoms with Crippen LogP contribution in [0.4, 0.5) is 5.69 Å². The molecule has 1 saturated heterocycles. The predicted molar refractivity (Wildman–Crippen MR) is 63.1 cm³/mol. The molecule has 0 aromatic carbocycles. The smallest absolute Gasteiger partial charge is 0.0393 e. The molecule has 2 N–H and O–H groups in total. The summed E-state index contributed by atoms with van der Waals surface area (Å²) in [5, 5.41) is 6.93. The van der Waals surface area contributed by atoms with Gasteiger partial charge < -0.3 is 10.6 Å². The standard InChI is InChI=1S/C12H19N3/c1-10-9-12(5-7-13-10)15-8-4-11-3-2-6-14-11/h5,7,9,11,14H,2-4,6,8H2,1H3,(H,13,15)/t11-/m1/s1. The lowest BCUT2D eigenvalue weighted by atomic mass is 10.1. The van der Waals surface area contributed by atoms with Crippen LogP contribution >= 0.6 is 0 Å². The molecule has 2 heterocycles. The highest BCUT2D eigenvalue weighted by Gasteiger charge is 2.12. The van der Waals surface area contributed by atoms with Gasteiger partial charge in [0, 0.05) is 30.2 Å². The number of aromatic nitrogens is 1. The molecule has 1 aromatic heterocycles. The van der Waals surface area contributed by atoms with Gasteiger partial charge in [0.1, 0.15) is 0 Å². The van der Waals surface area contributed by atoms with Crippen molar-refractivity contribution in [1.29, 1.82) is 0 Å². The average molecular weight is 205 g/mol. The summed E-state index contributed by atoms with van der Waals surface area (Å²) in [5.41, 5.74) is 2.25. The molecule has 0 radical (unpaired) electrons. The first kappa shape index (κ1) is 10.4. The Balaban J connectivity index is 1.73. The van der Waals surface area contributed by atoms with Crippen LogP contribution in [0.25, 0.3) is 0 Å². The fourth-order valence-electron chi connectivity index (χ4n) is 2.05. The molecule has 0 amide bonds. The van der Waals surface area contributed by atoms with E-state index in [4.69, 9.17) is 0 Å². The maximum absolute atomic E-state index is 4.17. The number of hydrogen-bond acceptors (Lipinski definition) is 3. The first-order chi connectivity index (χ1) is 7.34. The monoisotopic (exact) mass is 205 g/mol. The molecule has 3 heteroatoms. The average Bonchev–Trinajstić information content (AvgIpc) is 2.71. The summed E-state index contributed by atoms with van der Waals surface area (Å²) < 4.78 is 0. The molecule has 1 aromatic rings. The van der Waals surface area contributed by atoms with Gasteiger partial charge in [0.05, 0.1) is 0 Å². The molecule has 0 unspecified atom stereocenters. The highest BCUT2D eigenvalue weighted by molar-refractivity contribution is 5.42. The number of pyridine rings is 1. The van der Waals surface area contributed by atoms with Gasteiger partial charge in [-0.3, -0.25) is 4.98 Å². The van der Waals surface area contributed by atoms with Crippen LogP contribution in [0.15, 0.2) is 18.3 Å². The largest absolute Gasteiger partial charge is 0.385 e. The van der Waals surface area contributed by atoms with Gasteiger partial charge in [0.25, 0.3) is 0 Å². The zero-order valence-corrected chi connectivity index (χ0v) is 9.29. The fraction of sp³-hybridized carbons (Fsp3) is 0.583. The summed E-state index contributed by atoms with van der Waals surface area (Å²) in [6, 6.07) is 4.83. The lowest BCUT2D eigenvalue weighted by Crippen LogP contribution is -2.24. The Hall–Kier alpha value is -1.09. The molecular formula is C12H19N3. The molecule has 0 bridgehead atoms. The van der Waals surface area contributed by atoms with Crippen molar-refractivity contribution < 1.29 is 0 Å². The lowest BCUT2D eigenvalue weighted by Gasteiger charge is -2.11. The third kappa shape index (κ3) is 3.20. The van der Waals surface area contributed by atoms with Crippen LogP contribution in [0.5, 0.6) is 0 Å². The summed E-state index contributed by atoms with van der Waals surface area (Å²) in [5.74, 6) is 0. The Morgan fingerprint density at radius 3 is 3.27 bits per heavy atom. The maximum atomic E-state index is 4.17. The third-order valence-electron chi connectivity index (χ3n) is 2.88. The van der Waals surface area contributed by atoms with E-state index in [-0.39, 0.29) is 0 Å². The van der Waals surface area contributed by atoms with Crippen LogP contribution in [0.3, 0.4) is 0 Å². The Kier molecular flexibility index (Phi) is 3.56. The van der Waals surface area contributed by atoms with Gasteiger partial charge >= 0.3 is 0 Å². The van der Waals surface area contributed by atoms with Gasteiger partial charge in [-0.2, -0.15) is 0 Å². The molecule has 15 heavy (non-hydrogen) atoms. The lowest BCUT2D eigenvalue weighted by molar-refractivity contribution is 0.574. The van der Waals surface area contributed by atoms with Gasteiger partial charge in [-0.05, 0) is 44.9 Å². The Morgan fingerprint density at radius 2 is 2.53 bits per heavy atom. The van der Waals surface area contributed by atoms with E-state index in [0.717, 1.165) is 18.3 Å². The van der Waals surface area contributed by atoms with Crippen LogP contribution in [0, 0.1) is 6.92 Å². The highest BCUT2D eigenvalue weighted by Crippen LogP contribution is 2.10. The second kappa shape index (κ2) is 5.12. The SMILES string of the molecule is Cc1cc(NCC[C@H]2CCCN2)ccn1. The first-order valence-electron chi connectivity index (χ1n) is 5.74. The summed E-state index contributed by atoms with van der Waals surface area (Å²) in [7, 11) is 0. The van der Waals surface area contributed by atoms with Crippen molar-refractivity contribution in [3.05, 3.63) is 24.0 Å². The zero-order valence-electron chi connectivity index (χ0n) is 9.29. The van der Waals surface area contributed by atoms with E-state index >= 15 is 0 Å². The second-order valence-corrected chi connectivity index (χ2v) is 4.19. The van der Waals surface area contributed by atoms with Gasteiger partial charge in [0.15, 0.2) is 0 Å². The van der Waals surface area contributed by atoms with Crippen molar-refractivity contribution in [2.24, 2.45) is 0 Å². The van der Waals surface area contributed by atoms with Crippen molar-refractivity contribution in [1.82, 2.24) is 10.3 Å². The number of nitrogens with zero attached hydrogens (tertiary/aromatic N) is 1. The molecule has 0 aliphatic carbocycles. The number of hydrogen-bond donors (Lipinski definition) is 2. The zero-order chi connectivity index (χ0) is 10.5. The number of rotatable bonds is 4. The molecule has 82 valence electrons. The van der Waals surface area contributed by atoms with Crippen molar-refractivity contribution in [2.45, 2.75) is 32.2 Å². The summed E-state index contributed by atoms with van der Waals surface area (Å²) >= 11 is 0. The van der Waals surface area contributed by atoms with E-state index in [0.29, 0.717) is 0 Å². The van der Waals surface area contributed by atoms with Gasteiger partial charge in [-0.15, -0.1) is 0 Å². The van der Waals surface area contributed by atoms with Crippen LogP contribution in [0.2, 0.25) is 0 Å². The van der Waals surface area contributed by atoms with E-state index in [1.165, 1.54) is 31.5 Å². The van der Waals surface area contributed by atoms with E-state index in [1.807, 2.05) is 19.2 Å². The van der Waals surface area contributed by atoms with E-state index in [2.05, 4.69) is 21.7 Å². The molecule has 1 fully saturated rings. The maximum Gasteiger partial charge on any atom is 0.0393 e. The normalized spacial score (nSPS) is 20.5. The van der Waals surface area contributed by atoms with Crippen LogP contribution in [0.1, 0.15) is 25.0 Å². The molecule has 0 saturated carbocycles. The number of aryl methyl sites for hydroxylation is 1. The van der Waals surface area contributed by atoms with Gasteiger partial charge in [0.2, 0.25) is 0 Å². The van der Waals surface area contributed by atoms with Crippen LogP contribution in [-0.2, 0) is 0 Å². The minimum atomic E-state index is 0.723. The van der Waals surface area contributed by atoms with Gasteiger partial charge in [-0.25, -0.2) is 0 Å². The molecule has 2 rings (SSSR count). The van der Waals surface area contributed by atoms with Crippen molar-refractivity contribution in [2.75, 3.05) is 18.4 Å². The minimum absolute atomic E-state index is 0.723. The fourth-order valence-corrected chi connectivity index (χ4v) is 2.05. The van der Waals surface area contributed by atoms with Crippen LogP contribution < -0.4 is 10.6 Å². The van der Waals surface area contributed by atoms with Crippen molar-refractivity contribution in [3.63, 3.8) is 0 Å². The third-order valence-corrected chi connectivity index (χ3v) is 2.88. The molecule has 3 nitrogen and oxygen atoms in total. The first-order valence-corrected chi connectivity index (χ1v) is 5.74. The van der Waals surface area contributed by atoms with Gasteiger partial charge in [-0.1, -0.05) is 0 Å². The number of nitrogens with one attached hydrogen (secondary N) is 2. The molecule has 0 spiro atoms. The summed E-state index contributed by atoms with van der Waals surface area (Å²) in [6.45, 7) is 4.25. The van der Waals surface area contributed by atoms with E-state index in [1.54, 1.807) is 0 Å².